The zero-order chi connectivity index (χ0) is 13.9. The van der Waals surface area contributed by atoms with Crippen LogP contribution in [0.1, 0.15) is 19.3 Å². The summed E-state index contributed by atoms with van der Waals surface area (Å²) in [6, 6.07) is 3.71. The van der Waals surface area contributed by atoms with Gasteiger partial charge >= 0.3 is 0 Å². The van der Waals surface area contributed by atoms with Crippen molar-refractivity contribution in [3.63, 3.8) is 0 Å². The largest absolute Gasteiger partial charge is 0.328 e. The highest BCUT2D eigenvalue weighted by Crippen LogP contribution is 2.26. The maximum atomic E-state index is 12.2. The Balaban J connectivity index is 1.79. The zero-order valence-corrected chi connectivity index (χ0v) is 10.9. The van der Waals surface area contributed by atoms with E-state index in [1.807, 2.05) is 0 Å². The van der Waals surface area contributed by atoms with Gasteiger partial charge < -0.3 is 11.1 Å². The van der Waals surface area contributed by atoms with Crippen molar-refractivity contribution in [2.24, 2.45) is 11.7 Å². The Bertz CT molecular complexity index is 597. The summed E-state index contributed by atoms with van der Waals surface area (Å²) in [6.45, 7) is 0. The van der Waals surface area contributed by atoms with Gasteiger partial charge in [0.25, 0.3) is 0 Å². The molecule has 0 spiro atoms. The highest BCUT2D eigenvalue weighted by molar-refractivity contribution is 5.94. The van der Waals surface area contributed by atoms with Gasteiger partial charge in [-0.25, -0.2) is 14.6 Å². The molecule has 2 atom stereocenters. The fourth-order valence-electron chi connectivity index (χ4n) is 2.48. The van der Waals surface area contributed by atoms with Crippen LogP contribution in [-0.2, 0) is 4.79 Å². The van der Waals surface area contributed by atoms with Crippen LogP contribution in [0.2, 0.25) is 0 Å². The summed E-state index contributed by atoms with van der Waals surface area (Å²) in [6.07, 6.45) is 7.11. The summed E-state index contributed by atoms with van der Waals surface area (Å²) in [5, 5.41) is 6.95. The van der Waals surface area contributed by atoms with E-state index in [2.05, 4.69) is 20.4 Å². The number of hydrogen-bond donors (Lipinski definition) is 2. The Labute approximate surface area is 116 Å². The van der Waals surface area contributed by atoms with E-state index in [0.29, 0.717) is 11.5 Å². The first kappa shape index (κ1) is 12.7. The van der Waals surface area contributed by atoms with Crippen molar-refractivity contribution in [2.75, 3.05) is 5.32 Å². The number of hydrogen-bond acceptors (Lipinski definition) is 5. The smallest absolute Gasteiger partial charge is 0.227 e. The van der Waals surface area contributed by atoms with Crippen LogP contribution < -0.4 is 11.1 Å². The number of carbonyl (C=O) groups excluding carboxylic acids is 1. The second kappa shape index (κ2) is 5.38. The van der Waals surface area contributed by atoms with Gasteiger partial charge in [-0.1, -0.05) is 0 Å². The van der Waals surface area contributed by atoms with Crippen LogP contribution in [0, 0.1) is 5.92 Å². The topological polar surface area (TPSA) is 98.7 Å². The van der Waals surface area contributed by atoms with Crippen LogP contribution in [0.15, 0.2) is 31.0 Å². The van der Waals surface area contributed by atoms with E-state index in [0.717, 1.165) is 19.3 Å². The predicted molar refractivity (Wildman–Crippen MR) is 73.1 cm³/mol. The zero-order valence-electron chi connectivity index (χ0n) is 10.9. The Morgan fingerprint density at radius 2 is 2.35 bits per heavy atom. The van der Waals surface area contributed by atoms with Crippen molar-refractivity contribution >= 4 is 11.6 Å². The summed E-state index contributed by atoms with van der Waals surface area (Å²) in [4.78, 5) is 20.4. The molecule has 1 saturated carbocycles. The molecule has 1 amide bonds. The minimum atomic E-state index is -0.0196. The molecule has 7 heteroatoms. The first-order valence-corrected chi connectivity index (χ1v) is 6.60. The maximum absolute atomic E-state index is 12.2. The average molecular weight is 272 g/mol. The average Bonchev–Trinajstić information content (AvgIpc) is 3.10. The summed E-state index contributed by atoms with van der Waals surface area (Å²) >= 11 is 0. The summed E-state index contributed by atoms with van der Waals surface area (Å²) < 4.78 is 1.52. The van der Waals surface area contributed by atoms with Crippen LogP contribution in [0.4, 0.5) is 5.69 Å². The Morgan fingerprint density at radius 1 is 1.45 bits per heavy atom. The number of pyridine rings is 1. The predicted octanol–water partition coefficient (Wildman–Crippen LogP) is 0.728. The lowest BCUT2D eigenvalue weighted by atomic mass is 10.1. The maximum Gasteiger partial charge on any atom is 0.227 e. The molecule has 0 bridgehead atoms. The summed E-state index contributed by atoms with van der Waals surface area (Å²) in [7, 11) is 0. The number of carbonyl (C=O) groups is 1. The van der Waals surface area contributed by atoms with Gasteiger partial charge in [-0.3, -0.25) is 4.79 Å². The lowest BCUT2D eigenvalue weighted by Gasteiger charge is -2.13. The van der Waals surface area contributed by atoms with Crippen molar-refractivity contribution in [3.05, 3.63) is 31.0 Å². The van der Waals surface area contributed by atoms with Gasteiger partial charge in [-0.15, -0.1) is 0 Å². The molecule has 1 aliphatic carbocycles. The first-order chi connectivity index (χ1) is 9.74. The van der Waals surface area contributed by atoms with Gasteiger partial charge in [0, 0.05) is 18.2 Å². The molecular weight excluding hydrogens is 256 g/mol. The SMILES string of the molecule is NC1CCC(C(=O)Nc2cccnc2-n2cncn2)C1. The molecule has 7 nitrogen and oxygen atoms in total. The normalized spacial score (nSPS) is 21.9. The fourth-order valence-corrected chi connectivity index (χ4v) is 2.48. The second-order valence-electron chi connectivity index (χ2n) is 4.97. The number of nitrogens with one attached hydrogen (secondary N) is 1. The number of aromatic nitrogens is 4. The molecule has 3 N–H and O–H groups in total. The van der Waals surface area contributed by atoms with Gasteiger partial charge in [0.1, 0.15) is 12.7 Å². The third kappa shape index (κ3) is 2.53. The number of nitrogens with zero attached hydrogens (tertiary/aromatic N) is 4. The van der Waals surface area contributed by atoms with Crippen molar-refractivity contribution in [1.29, 1.82) is 0 Å². The molecule has 1 fully saturated rings. The third-order valence-electron chi connectivity index (χ3n) is 3.52. The molecule has 2 aromatic heterocycles. The molecule has 0 radical (unpaired) electrons. The van der Waals surface area contributed by atoms with Gasteiger partial charge in [-0.2, -0.15) is 5.10 Å². The number of anilines is 1. The minimum absolute atomic E-state index is 0.00712. The summed E-state index contributed by atoms with van der Waals surface area (Å²) in [5.74, 6) is 0.529. The molecule has 104 valence electrons. The Kier molecular flexibility index (Phi) is 3.42. The van der Waals surface area contributed by atoms with E-state index in [1.54, 1.807) is 24.7 Å². The van der Waals surface area contributed by atoms with E-state index in [9.17, 15) is 4.79 Å². The monoisotopic (exact) mass is 272 g/mol. The van der Waals surface area contributed by atoms with Crippen LogP contribution in [0.25, 0.3) is 5.82 Å². The molecule has 20 heavy (non-hydrogen) atoms. The van der Waals surface area contributed by atoms with Crippen molar-refractivity contribution in [2.45, 2.75) is 25.3 Å². The fraction of sp³-hybridized carbons (Fsp3) is 0.385. The van der Waals surface area contributed by atoms with Crippen LogP contribution >= 0.6 is 0 Å². The molecule has 0 saturated heterocycles. The van der Waals surface area contributed by atoms with E-state index >= 15 is 0 Å². The van der Waals surface area contributed by atoms with Gasteiger partial charge in [-0.05, 0) is 31.4 Å². The van der Waals surface area contributed by atoms with Crippen molar-refractivity contribution < 1.29 is 4.79 Å². The number of amides is 1. The van der Waals surface area contributed by atoms with E-state index in [4.69, 9.17) is 5.73 Å². The minimum Gasteiger partial charge on any atom is -0.328 e. The van der Waals surface area contributed by atoms with Crippen molar-refractivity contribution in [3.8, 4) is 5.82 Å². The first-order valence-electron chi connectivity index (χ1n) is 6.60. The van der Waals surface area contributed by atoms with E-state index in [1.165, 1.54) is 11.0 Å². The van der Waals surface area contributed by atoms with Crippen LogP contribution in [0.5, 0.6) is 0 Å². The van der Waals surface area contributed by atoms with Crippen molar-refractivity contribution in [1.82, 2.24) is 19.7 Å². The standard InChI is InChI=1S/C13H16N6O/c14-10-4-3-9(6-10)13(20)18-11-2-1-5-16-12(11)19-8-15-7-17-19/h1-2,5,7-10H,3-4,6,14H2,(H,18,20). The van der Waals surface area contributed by atoms with Gasteiger partial charge in [0.2, 0.25) is 5.91 Å². The Hall–Kier alpha value is -2.28. The van der Waals surface area contributed by atoms with E-state index < -0.39 is 0 Å². The van der Waals surface area contributed by atoms with Gasteiger partial charge in [0.05, 0.1) is 5.69 Å². The van der Waals surface area contributed by atoms with E-state index in [-0.39, 0.29) is 17.9 Å². The molecule has 2 unspecified atom stereocenters. The lowest BCUT2D eigenvalue weighted by molar-refractivity contribution is -0.119. The van der Waals surface area contributed by atoms with Crippen LogP contribution in [-0.4, -0.2) is 31.7 Å². The molecule has 0 aliphatic heterocycles. The lowest BCUT2D eigenvalue weighted by Crippen LogP contribution is -2.24. The van der Waals surface area contributed by atoms with Crippen LogP contribution in [0.3, 0.4) is 0 Å². The molecule has 3 rings (SSSR count). The molecule has 1 aliphatic rings. The highest BCUT2D eigenvalue weighted by Gasteiger charge is 2.28. The third-order valence-corrected chi connectivity index (χ3v) is 3.52. The highest BCUT2D eigenvalue weighted by atomic mass is 16.1. The number of rotatable bonds is 3. The molecule has 0 aromatic carbocycles. The second-order valence-corrected chi connectivity index (χ2v) is 4.97. The summed E-state index contributed by atoms with van der Waals surface area (Å²) in [5.41, 5.74) is 6.48. The molecule has 2 aromatic rings. The molecular formula is C13H16N6O. The van der Waals surface area contributed by atoms with Gasteiger partial charge in [0.15, 0.2) is 5.82 Å². The Morgan fingerprint density at radius 3 is 3.05 bits per heavy atom. The molecule has 2 heterocycles. The quantitative estimate of drug-likeness (QED) is 0.858. The number of nitrogens with two attached hydrogens (primary N) is 1.